The van der Waals surface area contributed by atoms with Crippen LogP contribution in [0.1, 0.15) is 13.8 Å². The van der Waals surface area contributed by atoms with E-state index in [9.17, 15) is 9.59 Å². The topological polar surface area (TPSA) is 116 Å². The van der Waals surface area contributed by atoms with Crippen LogP contribution in [0, 0.1) is 0 Å². The molecule has 0 rings (SSSR count). The lowest BCUT2D eigenvalue weighted by Gasteiger charge is -2.13. The van der Waals surface area contributed by atoms with Gasteiger partial charge in [-0.2, -0.15) is 0 Å². The molecule has 0 amide bonds. The van der Waals surface area contributed by atoms with Gasteiger partial charge in [-0.1, -0.05) is 0 Å². The Bertz CT molecular complexity index is 203. The molecule has 0 fully saturated rings. The fourth-order valence-electron chi connectivity index (χ4n) is 0.457. The minimum absolute atomic E-state index is 0.860. The first-order chi connectivity index (χ1) is 5.86. The third-order valence-electron chi connectivity index (χ3n) is 1.36. The zero-order chi connectivity index (χ0) is 10.6. The van der Waals surface area contributed by atoms with Crippen LogP contribution < -0.4 is 11.5 Å². The summed E-state index contributed by atoms with van der Waals surface area (Å²) in [4.78, 5) is 21.7. The van der Waals surface area contributed by atoms with Crippen LogP contribution in [0.2, 0.25) is 0 Å². The quantitative estimate of drug-likeness (QED) is 0.354. The molecule has 76 valence electrons. The second kappa shape index (κ2) is 4.90. The number of hydrogen-bond donors (Lipinski definition) is 3. The third kappa shape index (κ3) is 3.97. The molecule has 0 saturated carbocycles. The number of esters is 2. The highest BCUT2D eigenvalue weighted by Gasteiger charge is 2.24. The van der Waals surface area contributed by atoms with Gasteiger partial charge in [0.05, 0.1) is 6.10 Å². The van der Waals surface area contributed by atoms with Crippen LogP contribution in [0.5, 0.6) is 0 Å². The van der Waals surface area contributed by atoms with Crippen molar-refractivity contribution in [3.05, 3.63) is 0 Å². The van der Waals surface area contributed by atoms with Crippen LogP contribution in [-0.4, -0.2) is 35.2 Å². The van der Waals surface area contributed by atoms with Gasteiger partial charge < -0.3 is 21.3 Å². The number of nitrogens with two attached hydrogens (primary N) is 2. The molecule has 0 aromatic rings. The summed E-state index contributed by atoms with van der Waals surface area (Å²) < 4.78 is 4.25. The molecular formula is C7H14N2O4. The molecule has 6 nitrogen and oxygen atoms in total. The lowest BCUT2D eigenvalue weighted by Crippen LogP contribution is -2.44. The molecular weight excluding hydrogens is 176 g/mol. The SMILES string of the molecule is C[C@H](N)C(=O)OC(=O)[C@@H](N)[C@@H](C)O. The van der Waals surface area contributed by atoms with E-state index in [1.165, 1.54) is 13.8 Å². The summed E-state index contributed by atoms with van der Waals surface area (Å²) in [6, 6.07) is -2.10. The fourth-order valence-corrected chi connectivity index (χ4v) is 0.457. The second-order valence-corrected chi connectivity index (χ2v) is 2.80. The molecule has 0 spiro atoms. The van der Waals surface area contributed by atoms with E-state index in [-0.39, 0.29) is 0 Å². The lowest BCUT2D eigenvalue weighted by atomic mass is 10.2. The van der Waals surface area contributed by atoms with Crippen molar-refractivity contribution in [2.45, 2.75) is 32.0 Å². The maximum Gasteiger partial charge on any atom is 0.333 e. The zero-order valence-corrected chi connectivity index (χ0v) is 7.56. The van der Waals surface area contributed by atoms with E-state index in [1.54, 1.807) is 0 Å². The Labute approximate surface area is 75.8 Å². The van der Waals surface area contributed by atoms with Crippen molar-refractivity contribution in [3.8, 4) is 0 Å². The second-order valence-electron chi connectivity index (χ2n) is 2.80. The molecule has 5 N–H and O–H groups in total. The molecule has 0 aromatic carbocycles. The summed E-state index contributed by atoms with van der Waals surface area (Å²) in [5.74, 6) is -1.83. The van der Waals surface area contributed by atoms with Crippen LogP contribution in [-0.2, 0) is 14.3 Å². The minimum Gasteiger partial charge on any atom is -0.391 e. The van der Waals surface area contributed by atoms with Gasteiger partial charge in [0.2, 0.25) is 0 Å². The van der Waals surface area contributed by atoms with Gasteiger partial charge in [0, 0.05) is 0 Å². The average molecular weight is 190 g/mol. The molecule has 0 radical (unpaired) electrons. The predicted molar refractivity (Wildman–Crippen MR) is 44.4 cm³/mol. The maximum absolute atomic E-state index is 10.9. The first-order valence-corrected chi connectivity index (χ1v) is 3.81. The monoisotopic (exact) mass is 190 g/mol. The molecule has 0 saturated heterocycles. The predicted octanol–water partition coefficient (Wildman–Crippen LogP) is -1.89. The van der Waals surface area contributed by atoms with Gasteiger partial charge in [-0.15, -0.1) is 0 Å². The summed E-state index contributed by atoms with van der Waals surface area (Å²) in [6.07, 6.45) is -1.06. The third-order valence-corrected chi connectivity index (χ3v) is 1.36. The summed E-state index contributed by atoms with van der Waals surface area (Å²) in [5.41, 5.74) is 10.3. The number of rotatable bonds is 3. The highest BCUT2D eigenvalue weighted by atomic mass is 16.6. The minimum atomic E-state index is -1.22. The Hall–Kier alpha value is -0.980. The Kier molecular flexibility index (Phi) is 4.53. The smallest absolute Gasteiger partial charge is 0.333 e. The summed E-state index contributed by atoms with van der Waals surface area (Å²) in [6.45, 7) is 2.70. The number of aliphatic hydroxyl groups excluding tert-OH is 1. The summed E-state index contributed by atoms with van der Waals surface area (Å²) in [7, 11) is 0. The highest BCUT2D eigenvalue weighted by molar-refractivity contribution is 5.90. The van der Waals surface area contributed by atoms with Gasteiger partial charge in [-0.3, -0.25) is 0 Å². The zero-order valence-electron chi connectivity index (χ0n) is 7.56. The van der Waals surface area contributed by atoms with E-state index in [1.807, 2.05) is 0 Å². The van der Waals surface area contributed by atoms with Gasteiger partial charge in [0.25, 0.3) is 0 Å². The van der Waals surface area contributed by atoms with Crippen molar-refractivity contribution in [2.24, 2.45) is 11.5 Å². The summed E-state index contributed by atoms with van der Waals surface area (Å²) in [5, 5.41) is 8.87. The van der Waals surface area contributed by atoms with E-state index >= 15 is 0 Å². The van der Waals surface area contributed by atoms with E-state index < -0.39 is 30.1 Å². The van der Waals surface area contributed by atoms with E-state index in [0.29, 0.717) is 0 Å². The number of hydrogen-bond acceptors (Lipinski definition) is 6. The lowest BCUT2D eigenvalue weighted by molar-refractivity contribution is -0.162. The van der Waals surface area contributed by atoms with Crippen molar-refractivity contribution in [1.29, 1.82) is 0 Å². The summed E-state index contributed by atoms with van der Waals surface area (Å²) >= 11 is 0. The molecule has 0 aromatic heterocycles. The van der Waals surface area contributed by atoms with Gasteiger partial charge in [-0.25, -0.2) is 9.59 Å². The Morgan fingerprint density at radius 1 is 1.23 bits per heavy atom. The van der Waals surface area contributed by atoms with Gasteiger partial charge >= 0.3 is 11.9 Å². The highest BCUT2D eigenvalue weighted by Crippen LogP contribution is 1.94. The van der Waals surface area contributed by atoms with Gasteiger partial charge in [0.15, 0.2) is 0 Å². The average Bonchev–Trinajstić information content (AvgIpc) is 2.02. The number of ether oxygens (including phenoxy) is 1. The van der Waals surface area contributed by atoms with Crippen molar-refractivity contribution >= 4 is 11.9 Å². The van der Waals surface area contributed by atoms with Crippen LogP contribution in [0.15, 0.2) is 0 Å². The Morgan fingerprint density at radius 2 is 1.69 bits per heavy atom. The molecule has 0 unspecified atom stereocenters. The molecule has 3 atom stereocenters. The van der Waals surface area contributed by atoms with Crippen molar-refractivity contribution in [2.75, 3.05) is 0 Å². The van der Waals surface area contributed by atoms with Crippen LogP contribution in [0.25, 0.3) is 0 Å². The van der Waals surface area contributed by atoms with Gasteiger partial charge in [-0.05, 0) is 13.8 Å². The maximum atomic E-state index is 10.9. The van der Waals surface area contributed by atoms with Gasteiger partial charge in [0.1, 0.15) is 12.1 Å². The largest absolute Gasteiger partial charge is 0.391 e. The van der Waals surface area contributed by atoms with E-state index in [0.717, 1.165) is 0 Å². The molecule has 0 aliphatic heterocycles. The number of aliphatic hydroxyl groups is 1. The van der Waals surface area contributed by atoms with E-state index in [4.69, 9.17) is 16.6 Å². The molecule has 0 bridgehead atoms. The van der Waals surface area contributed by atoms with Crippen LogP contribution >= 0.6 is 0 Å². The normalized spacial score (nSPS) is 17.3. The molecule has 6 heteroatoms. The van der Waals surface area contributed by atoms with Crippen molar-refractivity contribution < 1.29 is 19.4 Å². The van der Waals surface area contributed by atoms with Crippen molar-refractivity contribution in [3.63, 3.8) is 0 Å². The number of carbonyl (C=O) groups excluding carboxylic acids is 2. The molecule has 0 aliphatic rings. The molecule has 13 heavy (non-hydrogen) atoms. The fraction of sp³-hybridized carbons (Fsp3) is 0.714. The molecule has 0 aliphatic carbocycles. The van der Waals surface area contributed by atoms with E-state index in [2.05, 4.69) is 4.74 Å². The van der Waals surface area contributed by atoms with Crippen molar-refractivity contribution in [1.82, 2.24) is 0 Å². The Morgan fingerprint density at radius 3 is 2.00 bits per heavy atom. The first-order valence-electron chi connectivity index (χ1n) is 3.81. The number of carbonyl (C=O) groups is 2. The van der Waals surface area contributed by atoms with Crippen LogP contribution in [0.4, 0.5) is 0 Å². The Balaban J connectivity index is 4.08. The molecule has 0 heterocycles. The first kappa shape index (κ1) is 12.0. The standard InChI is InChI=1S/C7H14N2O4/c1-3(8)6(11)13-7(12)5(9)4(2)10/h3-5,10H,8-9H2,1-2H3/t3-,4+,5-/m0/s1. The van der Waals surface area contributed by atoms with Crippen LogP contribution in [0.3, 0.4) is 0 Å².